The number of sulfonamides is 1. The molecular formula is C11H18ClN3O5S. The summed E-state index contributed by atoms with van der Waals surface area (Å²) < 4.78 is 31.6. The standard InChI is InChI=1S/C11H17N3O5S.ClH/c1-8(12-2)7-13-20(17,18)11-6-9(14(15)16)4-5-10(11)19-3;/h4-6,8,12-13H,7H2,1-3H3;1H. The molecular weight excluding hydrogens is 322 g/mol. The van der Waals surface area contributed by atoms with Crippen LogP contribution in [-0.2, 0) is 10.0 Å². The third-order valence-electron chi connectivity index (χ3n) is 2.72. The molecule has 120 valence electrons. The van der Waals surface area contributed by atoms with Gasteiger partial charge in [-0.05, 0) is 20.0 Å². The smallest absolute Gasteiger partial charge is 0.271 e. The molecule has 1 rings (SSSR count). The molecule has 10 heteroatoms. The molecule has 1 atom stereocenters. The van der Waals surface area contributed by atoms with Crippen LogP contribution in [0.3, 0.4) is 0 Å². The fourth-order valence-corrected chi connectivity index (χ4v) is 2.72. The van der Waals surface area contributed by atoms with Crippen molar-refractivity contribution < 1.29 is 18.1 Å². The molecule has 0 saturated carbocycles. The molecule has 0 aromatic heterocycles. The Labute approximate surface area is 129 Å². The number of methoxy groups -OCH3 is 1. The molecule has 0 radical (unpaired) electrons. The normalized spacial score (nSPS) is 12.3. The Hall–Kier alpha value is -1.42. The fourth-order valence-electron chi connectivity index (χ4n) is 1.40. The third kappa shape index (κ3) is 5.12. The fraction of sp³-hybridized carbons (Fsp3) is 0.455. The van der Waals surface area contributed by atoms with Crippen LogP contribution >= 0.6 is 12.4 Å². The average Bonchev–Trinajstić information content (AvgIpc) is 2.43. The Balaban J connectivity index is 0.00000400. The molecule has 0 amide bonds. The number of non-ortho nitro benzene ring substituents is 1. The van der Waals surface area contributed by atoms with E-state index in [0.29, 0.717) is 0 Å². The summed E-state index contributed by atoms with van der Waals surface area (Å²) in [5, 5.41) is 13.6. The number of nitro groups is 1. The molecule has 0 heterocycles. The second-order valence-corrected chi connectivity index (χ2v) is 5.87. The van der Waals surface area contributed by atoms with Gasteiger partial charge in [0.15, 0.2) is 0 Å². The van der Waals surface area contributed by atoms with E-state index in [1.807, 2.05) is 0 Å². The van der Waals surface area contributed by atoms with Gasteiger partial charge in [0.1, 0.15) is 10.6 Å². The lowest BCUT2D eigenvalue weighted by molar-refractivity contribution is -0.385. The van der Waals surface area contributed by atoms with Crippen LogP contribution in [0.4, 0.5) is 5.69 Å². The lowest BCUT2D eigenvalue weighted by atomic mass is 10.3. The minimum Gasteiger partial charge on any atom is -0.495 e. The van der Waals surface area contributed by atoms with Gasteiger partial charge in [-0.1, -0.05) is 0 Å². The molecule has 0 fully saturated rings. The van der Waals surface area contributed by atoms with Crippen LogP contribution in [0.1, 0.15) is 6.92 Å². The minimum atomic E-state index is -3.88. The summed E-state index contributed by atoms with van der Waals surface area (Å²) in [5.41, 5.74) is -0.312. The molecule has 0 spiro atoms. The Morgan fingerprint density at radius 1 is 1.43 bits per heavy atom. The van der Waals surface area contributed by atoms with Gasteiger partial charge >= 0.3 is 0 Å². The van der Waals surface area contributed by atoms with E-state index < -0.39 is 14.9 Å². The van der Waals surface area contributed by atoms with Crippen molar-refractivity contribution in [3.8, 4) is 5.75 Å². The number of halogens is 1. The number of nitrogens with zero attached hydrogens (tertiary/aromatic N) is 1. The number of benzene rings is 1. The second kappa shape index (κ2) is 8.13. The van der Waals surface area contributed by atoms with Crippen LogP contribution in [0, 0.1) is 10.1 Å². The maximum absolute atomic E-state index is 12.2. The van der Waals surface area contributed by atoms with E-state index in [4.69, 9.17) is 4.74 Å². The summed E-state index contributed by atoms with van der Waals surface area (Å²) in [6.45, 7) is 1.96. The molecule has 1 aromatic rings. The summed E-state index contributed by atoms with van der Waals surface area (Å²) in [7, 11) is -0.880. The molecule has 1 unspecified atom stereocenters. The van der Waals surface area contributed by atoms with Crippen LogP contribution in [0.25, 0.3) is 0 Å². The predicted octanol–water partition coefficient (Wildman–Crippen LogP) is 0.911. The van der Waals surface area contributed by atoms with Crippen LogP contribution in [0.2, 0.25) is 0 Å². The van der Waals surface area contributed by atoms with Crippen molar-refractivity contribution >= 4 is 28.1 Å². The monoisotopic (exact) mass is 339 g/mol. The maximum Gasteiger partial charge on any atom is 0.271 e. The second-order valence-electron chi connectivity index (χ2n) is 4.13. The summed E-state index contributed by atoms with van der Waals surface area (Å²) in [5.74, 6) is 0.0558. The molecule has 1 aromatic carbocycles. The van der Waals surface area contributed by atoms with Gasteiger partial charge in [0.2, 0.25) is 10.0 Å². The third-order valence-corrected chi connectivity index (χ3v) is 4.16. The number of ether oxygens (including phenoxy) is 1. The SMILES string of the molecule is CNC(C)CNS(=O)(=O)c1cc([N+](=O)[O-])ccc1OC.Cl. The molecule has 0 bridgehead atoms. The Morgan fingerprint density at radius 3 is 2.52 bits per heavy atom. The van der Waals surface area contributed by atoms with Crippen molar-refractivity contribution in [1.82, 2.24) is 10.0 Å². The predicted molar refractivity (Wildman–Crippen MR) is 80.6 cm³/mol. The van der Waals surface area contributed by atoms with Crippen molar-refractivity contribution in [2.45, 2.75) is 17.9 Å². The zero-order valence-electron chi connectivity index (χ0n) is 11.8. The summed E-state index contributed by atoms with van der Waals surface area (Å²) in [6, 6.07) is 3.35. The molecule has 0 saturated heterocycles. The lowest BCUT2D eigenvalue weighted by Gasteiger charge is -2.13. The van der Waals surface area contributed by atoms with Crippen LogP contribution in [0.15, 0.2) is 23.1 Å². The number of rotatable bonds is 7. The van der Waals surface area contributed by atoms with Gasteiger partial charge in [-0.2, -0.15) is 0 Å². The molecule has 8 nitrogen and oxygen atoms in total. The number of hydrogen-bond donors (Lipinski definition) is 2. The van der Waals surface area contributed by atoms with Crippen molar-refractivity contribution in [2.75, 3.05) is 20.7 Å². The van der Waals surface area contributed by atoms with Crippen molar-refractivity contribution in [2.24, 2.45) is 0 Å². The van der Waals surface area contributed by atoms with E-state index in [1.165, 1.54) is 19.2 Å². The van der Waals surface area contributed by atoms with Crippen molar-refractivity contribution in [3.63, 3.8) is 0 Å². The molecule has 0 aliphatic rings. The van der Waals surface area contributed by atoms with Crippen molar-refractivity contribution in [1.29, 1.82) is 0 Å². The number of likely N-dealkylation sites (N-methyl/N-ethyl adjacent to an activating group) is 1. The van der Waals surface area contributed by atoms with Crippen molar-refractivity contribution in [3.05, 3.63) is 28.3 Å². The highest BCUT2D eigenvalue weighted by molar-refractivity contribution is 7.89. The van der Waals surface area contributed by atoms with Crippen LogP contribution < -0.4 is 14.8 Å². The maximum atomic E-state index is 12.2. The summed E-state index contributed by atoms with van der Waals surface area (Å²) >= 11 is 0. The topological polar surface area (TPSA) is 111 Å². The van der Waals surface area contributed by atoms with Gasteiger partial charge in [0, 0.05) is 24.7 Å². The molecule has 2 N–H and O–H groups in total. The zero-order chi connectivity index (χ0) is 15.3. The first kappa shape index (κ1) is 19.6. The van der Waals surface area contributed by atoms with E-state index in [2.05, 4.69) is 10.0 Å². The van der Waals surface area contributed by atoms with E-state index in [1.54, 1.807) is 14.0 Å². The Morgan fingerprint density at radius 2 is 2.05 bits per heavy atom. The van der Waals surface area contributed by atoms with Gasteiger partial charge in [0.05, 0.1) is 12.0 Å². The lowest BCUT2D eigenvalue weighted by Crippen LogP contribution is -2.37. The highest BCUT2D eigenvalue weighted by Crippen LogP contribution is 2.27. The Kier molecular flexibility index (Phi) is 7.58. The molecule has 0 aliphatic heterocycles. The highest BCUT2D eigenvalue weighted by atomic mass is 35.5. The van der Waals surface area contributed by atoms with Gasteiger partial charge < -0.3 is 10.1 Å². The molecule has 21 heavy (non-hydrogen) atoms. The van der Waals surface area contributed by atoms with E-state index in [9.17, 15) is 18.5 Å². The first-order chi connectivity index (χ1) is 9.31. The average molecular weight is 340 g/mol. The zero-order valence-corrected chi connectivity index (χ0v) is 13.5. The number of hydrogen-bond acceptors (Lipinski definition) is 6. The number of nitro benzene ring substituents is 1. The quantitative estimate of drug-likeness (QED) is 0.564. The minimum absolute atomic E-state index is 0. The first-order valence-electron chi connectivity index (χ1n) is 5.81. The Bertz CT molecular complexity index is 594. The highest BCUT2D eigenvalue weighted by Gasteiger charge is 2.23. The van der Waals surface area contributed by atoms with E-state index in [-0.39, 0.29) is 41.3 Å². The summed E-state index contributed by atoms with van der Waals surface area (Å²) in [6.07, 6.45) is 0. The van der Waals surface area contributed by atoms with Crippen LogP contribution in [0.5, 0.6) is 5.75 Å². The largest absolute Gasteiger partial charge is 0.495 e. The van der Waals surface area contributed by atoms with Gasteiger partial charge in [-0.25, -0.2) is 13.1 Å². The van der Waals surface area contributed by atoms with Crippen LogP contribution in [-0.4, -0.2) is 40.1 Å². The van der Waals surface area contributed by atoms with Gasteiger partial charge in [-0.15, -0.1) is 12.4 Å². The van der Waals surface area contributed by atoms with E-state index >= 15 is 0 Å². The van der Waals surface area contributed by atoms with Gasteiger partial charge in [-0.3, -0.25) is 10.1 Å². The van der Waals surface area contributed by atoms with Gasteiger partial charge in [0.25, 0.3) is 5.69 Å². The molecule has 0 aliphatic carbocycles. The summed E-state index contributed by atoms with van der Waals surface area (Å²) in [4.78, 5) is 9.82. The number of nitrogens with one attached hydrogen (secondary N) is 2. The first-order valence-corrected chi connectivity index (χ1v) is 7.29. The van der Waals surface area contributed by atoms with E-state index in [0.717, 1.165) is 6.07 Å².